The summed E-state index contributed by atoms with van der Waals surface area (Å²) in [6.45, 7) is 1.95. The number of ether oxygens (including phenoxy) is 2. The molecule has 0 bridgehead atoms. The van der Waals surface area contributed by atoms with Crippen LogP contribution in [0.2, 0.25) is 0 Å². The summed E-state index contributed by atoms with van der Waals surface area (Å²) in [5.41, 5.74) is -0.101. The van der Waals surface area contributed by atoms with Gasteiger partial charge < -0.3 is 14.8 Å². The van der Waals surface area contributed by atoms with E-state index in [1.807, 2.05) is 0 Å². The van der Waals surface area contributed by atoms with Gasteiger partial charge in [-0.15, -0.1) is 0 Å². The van der Waals surface area contributed by atoms with Crippen molar-refractivity contribution in [2.45, 2.75) is 37.3 Å². The maximum Gasteiger partial charge on any atom is 0.266 e. The molecule has 0 aromatic heterocycles. The molecule has 2 fully saturated rings. The number of amides is 4. The maximum absolute atomic E-state index is 13.1. The third-order valence-corrected chi connectivity index (χ3v) is 5.85. The molecule has 4 aliphatic heterocycles. The molecule has 0 saturated carbocycles. The standard InChI is InChI=1S/C19H19N3O6/c23-13-4-2-11(16(24)21-13)22-17(25)10-1-3-12-15(14(10)18(22)26)27-9-19(28-12)5-7-20-8-6-19/h1,3,11,20H,2,4-9H2,(H,21,23,24). The highest BCUT2D eigenvalue weighted by Crippen LogP contribution is 2.45. The van der Waals surface area contributed by atoms with Crippen LogP contribution in [0.25, 0.3) is 0 Å². The first kappa shape index (κ1) is 17.2. The number of fused-ring (bicyclic) bond motifs is 3. The van der Waals surface area contributed by atoms with Crippen LogP contribution in [0.1, 0.15) is 46.4 Å². The van der Waals surface area contributed by atoms with Crippen molar-refractivity contribution in [3.05, 3.63) is 23.3 Å². The Kier molecular flexibility index (Phi) is 3.70. The van der Waals surface area contributed by atoms with E-state index >= 15 is 0 Å². The van der Waals surface area contributed by atoms with E-state index in [0.717, 1.165) is 30.8 Å². The van der Waals surface area contributed by atoms with Gasteiger partial charge in [0.1, 0.15) is 18.2 Å². The summed E-state index contributed by atoms with van der Waals surface area (Å²) in [5, 5.41) is 5.47. The van der Waals surface area contributed by atoms with Gasteiger partial charge in [-0.3, -0.25) is 29.4 Å². The molecule has 1 aromatic carbocycles. The Bertz CT molecular complexity index is 920. The maximum atomic E-state index is 13.1. The van der Waals surface area contributed by atoms with Gasteiger partial charge in [-0.2, -0.15) is 0 Å². The minimum atomic E-state index is -0.999. The number of benzene rings is 1. The van der Waals surface area contributed by atoms with E-state index in [0.29, 0.717) is 12.4 Å². The van der Waals surface area contributed by atoms with Crippen molar-refractivity contribution in [2.75, 3.05) is 19.7 Å². The second-order valence-corrected chi connectivity index (χ2v) is 7.59. The first-order valence-electron chi connectivity index (χ1n) is 9.40. The molecule has 0 radical (unpaired) electrons. The molecule has 1 spiro atoms. The molecule has 2 saturated heterocycles. The second kappa shape index (κ2) is 6.03. The topological polar surface area (TPSA) is 114 Å². The molecule has 9 nitrogen and oxygen atoms in total. The van der Waals surface area contributed by atoms with Gasteiger partial charge in [0, 0.05) is 19.3 Å². The van der Waals surface area contributed by atoms with Gasteiger partial charge in [0.25, 0.3) is 11.8 Å². The molecule has 0 aliphatic carbocycles. The molecule has 5 rings (SSSR count). The third-order valence-electron chi connectivity index (χ3n) is 5.85. The van der Waals surface area contributed by atoms with E-state index in [1.165, 1.54) is 0 Å². The smallest absolute Gasteiger partial charge is 0.266 e. The van der Waals surface area contributed by atoms with Crippen LogP contribution >= 0.6 is 0 Å². The molecule has 1 unspecified atom stereocenters. The Morgan fingerprint density at radius 3 is 2.61 bits per heavy atom. The molecule has 146 valence electrons. The van der Waals surface area contributed by atoms with E-state index in [-0.39, 0.29) is 29.7 Å². The summed E-state index contributed by atoms with van der Waals surface area (Å²) in [7, 11) is 0. The first-order valence-corrected chi connectivity index (χ1v) is 9.40. The Morgan fingerprint density at radius 1 is 1.07 bits per heavy atom. The van der Waals surface area contributed by atoms with Crippen molar-refractivity contribution < 1.29 is 28.7 Å². The summed E-state index contributed by atoms with van der Waals surface area (Å²) in [5.74, 6) is -1.48. The van der Waals surface area contributed by atoms with Gasteiger partial charge in [-0.05, 0) is 31.6 Å². The summed E-state index contributed by atoms with van der Waals surface area (Å²) in [4.78, 5) is 50.4. The van der Waals surface area contributed by atoms with Crippen molar-refractivity contribution in [1.82, 2.24) is 15.5 Å². The normalized spacial score (nSPS) is 25.7. The monoisotopic (exact) mass is 385 g/mol. The summed E-state index contributed by atoms with van der Waals surface area (Å²) in [6.07, 6.45) is 1.78. The zero-order chi connectivity index (χ0) is 19.5. The largest absolute Gasteiger partial charge is 0.485 e. The number of carbonyl (C=O) groups is 4. The molecule has 28 heavy (non-hydrogen) atoms. The fourth-order valence-corrected chi connectivity index (χ4v) is 4.33. The Balaban J connectivity index is 1.49. The van der Waals surface area contributed by atoms with Gasteiger partial charge in [0.15, 0.2) is 11.5 Å². The number of nitrogens with zero attached hydrogens (tertiary/aromatic N) is 1. The van der Waals surface area contributed by atoms with E-state index in [9.17, 15) is 19.2 Å². The van der Waals surface area contributed by atoms with Crippen LogP contribution in [0, 0.1) is 0 Å². The summed E-state index contributed by atoms with van der Waals surface area (Å²) >= 11 is 0. The SMILES string of the molecule is O=C1CCC(N2C(=O)c3ccc4c(c3C2=O)OCC2(CCNCC2)O4)C(=O)N1. The highest BCUT2D eigenvalue weighted by Gasteiger charge is 2.48. The molecule has 1 aromatic rings. The average Bonchev–Trinajstić information content (AvgIpc) is 2.93. The van der Waals surface area contributed by atoms with Crippen LogP contribution in [0.3, 0.4) is 0 Å². The first-order chi connectivity index (χ1) is 13.5. The second-order valence-electron chi connectivity index (χ2n) is 7.59. The lowest BCUT2D eigenvalue weighted by Gasteiger charge is -2.41. The number of nitrogens with one attached hydrogen (secondary N) is 2. The zero-order valence-electron chi connectivity index (χ0n) is 15.1. The number of rotatable bonds is 1. The van der Waals surface area contributed by atoms with Crippen molar-refractivity contribution in [2.24, 2.45) is 0 Å². The molecule has 4 aliphatic rings. The highest BCUT2D eigenvalue weighted by molar-refractivity contribution is 6.24. The van der Waals surface area contributed by atoms with Crippen molar-refractivity contribution in [3.8, 4) is 11.5 Å². The number of piperidine rings is 2. The number of carbonyl (C=O) groups excluding carboxylic acids is 4. The molecule has 4 amide bonds. The predicted molar refractivity (Wildman–Crippen MR) is 94.1 cm³/mol. The van der Waals surface area contributed by atoms with Crippen LogP contribution in [0.15, 0.2) is 12.1 Å². The van der Waals surface area contributed by atoms with E-state index in [2.05, 4.69) is 10.6 Å². The van der Waals surface area contributed by atoms with Gasteiger partial charge in [-0.25, -0.2) is 0 Å². The number of hydrogen-bond donors (Lipinski definition) is 2. The van der Waals surface area contributed by atoms with Gasteiger partial charge in [0.05, 0.1) is 11.1 Å². The van der Waals surface area contributed by atoms with Crippen molar-refractivity contribution in [1.29, 1.82) is 0 Å². The number of hydrogen-bond acceptors (Lipinski definition) is 7. The van der Waals surface area contributed by atoms with Crippen LogP contribution in [0.4, 0.5) is 0 Å². The van der Waals surface area contributed by atoms with E-state index < -0.39 is 35.3 Å². The minimum absolute atomic E-state index is 0.0814. The average molecular weight is 385 g/mol. The van der Waals surface area contributed by atoms with Crippen molar-refractivity contribution >= 4 is 23.6 Å². The van der Waals surface area contributed by atoms with Crippen LogP contribution in [-0.2, 0) is 9.59 Å². The fraction of sp³-hybridized carbons (Fsp3) is 0.474. The Morgan fingerprint density at radius 2 is 1.86 bits per heavy atom. The lowest BCUT2D eigenvalue weighted by atomic mass is 9.91. The van der Waals surface area contributed by atoms with E-state index in [1.54, 1.807) is 12.1 Å². The summed E-state index contributed by atoms with van der Waals surface area (Å²) < 4.78 is 12.2. The Labute approximate surface area is 160 Å². The minimum Gasteiger partial charge on any atom is -0.485 e. The molecule has 1 atom stereocenters. The lowest BCUT2D eigenvalue weighted by molar-refractivity contribution is -0.136. The molecule has 4 heterocycles. The predicted octanol–water partition coefficient (Wildman–Crippen LogP) is -0.0188. The molecule has 9 heteroatoms. The van der Waals surface area contributed by atoms with E-state index in [4.69, 9.17) is 9.47 Å². The molecule has 2 N–H and O–H groups in total. The van der Waals surface area contributed by atoms with Gasteiger partial charge >= 0.3 is 0 Å². The summed E-state index contributed by atoms with van der Waals surface area (Å²) in [6, 6.07) is 2.20. The van der Waals surface area contributed by atoms with Gasteiger partial charge in [0.2, 0.25) is 11.8 Å². The molecular weight excluding hydrogens is 366 g/mol. The zero-order valence-corrected chi connectivity index (χ0v) is 15.1. The quantitative estimate of drug-likeness (QED) is 0.653. The van der Waals surface area contributed by atoms with Crippen molar-refractivity contribution in [3.63, 3.8) is 0 Å². The Hall–Kier alpha value is -2.94. The van der Waals surface area contributed by atoms with Crippen LogP contribution < -0.4 is 20.1 Å². The molecular formula is C19H19N3O6. The van der Waals surface area contributed by atoms with Crippen LogP contribution in [-0.4, -0.2) is 59.9 Å². The fourth-order valence-electron chi connectivity index (χ4n) is 4.33. The van der Waals surface area contributed by atoms with Gasteiger partial charge in [-0.1, -0.05) is 0 Å². The third kappa shape index (κ3) is 2.42. The van der Waals surface area contributed by atoms with Crippen LogP contribution in [0.5, 0.6) is 11.5 Å². The lowest BCUT2D eigenvalue weighted by Crippen LogP contribution is -2.54. The number of imide groups is 2. The highest BCUT2D eigenvalue weighted by atomic mass is 16.6.